The van der Waals surface area contributed by atoms with Gasteiger partial charge in [0.15, 0.2) is 0 Å². The fraction of sp³-hybridized carbons (Fsp3) is 0.286. The van der Waals surface area contributed by atoms with Crippen LogP contribution in [0.1, 0.15) is 18.2 Å². The number of rotatable bonds is 1. The monoisotopic (exact) mass is 163 g/mol. The topological polar surface area (TPSA) is 102 Å². The number of nitrogens with two attached hydrogens (primary N) is 2. The zero-order valence-electron chi connectivity index (χ0n) is 6.70. The van der Waals surface area contributed by atoms with Crippen molar-refractivity contribution in [3.63, 3.8) is 0 Å². The Morgan fingerprint density at radius 3 is 2.58 bits per heavy atom. The van der Waals surface area contributed by atoms with Crippen molar-refractivity contribution in [3.8, 4) is 6.07 Å². The normalized spacial score (nSPS) is 9.33. The highest BCUT2D eigenvalue weighted by molar-refractivity contribution is 5.53. The smallest absolute Gasteiger partial charge is 0.222 e. The van der Waals surface area contributed by atoms with Crippen molar-refractivity contribution in [1.82, 2.24) is 9.97 Å². The molecule has 5 heteroatoms. The number of aryl methyl sites for hydroxylation is 1. The highest BCUT2D eigenvalue weighted by atomic mass is 15.0. The van der Waals surface area contributed by atoms with E-state index in [1.165, 1.54) is 0 Å². The van der Waals surface area contributed by atoms with E-state index in [1.807, 2.05) is 13.0 Å². The molecule has 0 spiro atoms. The number of hydrogen-bond donors (Lipinski definition) is 2. The third-order valence-electron chi connectivity index (χ3n) is 1.48. The minimum absolute atomic E-state index is 0.114. The van der Waals surface area contributed by atoms with Crippen LogP contribution in [0.2, 0.25) is 0 Å². The number of anilines is 2. The molecule has 0 amide bonds. The molecule has 0 aliphatic heterocycles. The molecule has 0 fully saturated rings. The first-order valence-corrected chi connectivity index (χ1v) is 3.51. The second-order valence-corrected chi connectivity index (χ2v) is 2.25. The number of nitrogens with zero attached hydrogens (tertiary/aromatic N) is 3. The van der Waals surface area contributed by atoms with Crippen molar-refractivity contribution in [1.29, 1.82) is 5.26 Å². The molecule has 0 saturated carbocycles. The number of aromatic nitrogens is 2. The van der Waals surface area contributed by atoms with E-state index in [4.69, 9.17) is 16.7 Å². The Kier molecular flexibility index (Phi) is 2.10. The largest absolute Gasteiger partial charge is 0.382 e. The Morgan fingerprint density at radius 2 is 2.08 bits per heavy atom. The number of nitrogen functional groups attached to an aromatic ring is 2. The summed E-state index contributed by atoms with van der Waals surface area (Å²) >= 11 is 0. The lowest BCUT2D eigenvalue weighted by molar-refractivity contribution is 1.00. The third kappa shape index (κ3) is 1.27. The van der Waals surface area contributed by atoms with Gasteiger partial charge in [0.05, 0.1) is 5.69 Å². The van der Waals surface area contributed by atoms with Gasteiger partial charge in [0.2, 0.25) is 5.95 Å². The second kappa shape index (κ2) is 3.05. The number of hydrogen-bond acceptors (Lipinski definition) is 5. The summed E-state index contributed by atoms with van der Waals surface area (Å²) in [5, 5.41) is 8.67. The van der Waals surface area contributed by atoms with Crippen LogP contribution in [-0.4, -0.2) is 9.97 Å². The van der Waals surface area contributed by atoms with Gasteiger partial charge >= 0.3 is 0 Å². The van der Waals surface area contributed by atoms with Gasteiger partial charge in [-0.1, -0.05) is 6.92 Å². The zero-order chi connectivity index (χ0) is 9.14. The Morgan fingerprint density at radius 1 is 1.42 bits per heavy atom. The van der Waals surface area contributed by atoms with Gasteiger partial charge in [-0.25, -0.2) is 4.98 Å². The second-order valence-electron chi connectivity index (χ2n) is 2.25. The van der Waals surface area contributed by atoms with Gasteiger partial charge in [-0.2, -0.15) is 10.2 Å². The predicted octanol–water partition coefficient (Wildman–Crippen LogP) is 0.0751. The van der Waals surface area contributed by atoms with Gasteiger partial charge in [-0.15, -0.1) is 0 Å². The highest BCUT2D eigenvalue weighted by Crippen LogP contribution is 2.13. The maximum atomic E-state index is 8.67. The molecule has 0 aromatic carbocycles. The van der Waals surface area contributed by atoms with Crippen LogP contribution in [0.3, 0.4) is 0 Å². The SMILES string of the molecule is CCc1nc(N)nc(N)c1C#N. The van der Waals surface area contributed by atoms with Crippen LogP contribution < -0.4 is 11.5 Å². The fourth-order valence-electron chi connectivity index (χ4n) is 0.924. The summed E-state index contributed by atoms with van der Waals surface area (Å²) in [6.07, 6.45) is 0.625. The molecule has 4 N–H and O–H groups in total. The predicted molar refractivity (Wildman–Crippen MR) is 44.9 cm³/mol. The summed E-state index contributed by atoms with van der Waals surface area (Å²) in [5.41, 5.74) is 11.7. The molecule has 5 nitrogen and oxygen atoms in total. The van der Waals surface area contributed by atoms with E-state index >= 15 is 0 Å². The van der Waals surface area contributed by atoms with Gasteiger partial charge in [-0.3, -0.25) is 0 Å². The first kappa shape index (κ1) is 8.27. The van der Waals surface area contributed by atoms with Crippen molar-refractivity contribution in [2.45, 2.75) is 13.3 Å². The van der Waals surface area contributed by atoms with E-state index in [1.54, 1.807) is 0 Å². The minimum Gasteiger partial charge on any atom is -0.382 e. The fourth-order valence-corrected chi connectivity index (χ4v) is 0.924. The average Bonchev–Trinajstić information content (AvgIpc) is 2.03. The summed E-state index contributed by atoms with van der Waals surface area (Å²) < 4.78 is 0. The first-order chi connectivity index (χ1) is 5.69. The van der Waals surface area contributed by atoms with E-state index in [0.29, 0.717) is 17.7 Å². The molecule has 1 aromatic rings. The Labute approximate surface area is 70.0 Å². The quantitative estimate of drug-likeness (QED) is 0.610. The van der Waals surface area contributed by atoms with Crippen molar-refractivity contribution in [2.75, 3.05) is 11.5 Å². The Bertz CT molecular complexity index is 338. The maximum absolute atomic E-state index is 8.67. The Balaban J connectivity index is 3.36. The van der Waals surface area contributed by atoms with Gasteiger partial charge in [-0.05, 0) is 6.42 Å². The summed E-state index contributed by atoms with van der Waals surface area (Å²) in [7, 11) is 0. The molecule has 1 rings (SSSR count). The molecule has 0 aliphatic rings. The molecule has 0 saturated heterocycles. The van der Waals surface area contributed by atoms with Gasteiger partial charge in [0, 0.05) is 0 Å². The summed E-state index contributed by atoms with van der Waals surface area (Å²) in [6, 6.07) is 1.94. The lowest BCUT2D eigenvalue weighted by atomic mass is 10.2. The summed E-state index contributed by atoms with van der Waals surface area (Å²) in [5.74, 6) is 0.269. The highest BCUT2D eigenvalue weighted by Gasteiger charge is 2.08. The van der Waals surface area contributed by atoms with E-state index in [9.17, 15) is 0 Å². The van der Waals surface area contributed by atoms with Crippen molar-refractivity contribution >= 4 is 11.8 Å². The molecule has 1 heterocycles. The summed E-state index contributed by atoms with van der Waals surface area (Å²) in [4.78, 5) is 7.56. The van der Waals surface area contributed by atoms with Crippen LogP contribution in [0.5, 0.6) is 0 Å². The van der Waals surface area contributed by atoms with Crippen LogP contribution in [0.4, 0.5) is 11.8 Å². The molecule has 1 aromatic heterocycles. The van der Waals surface area contributed by atoms with E-state index in [0.717, 1.165) is 0 Å². The van der Waals surface area contributed by atoms with Gasteiger partial charge < -0.3 is 11.5 Å². The minimum atomic E-state index is 0.114. The lowest BCUT2D eigenvalue weighted by Crippen LogP contribution is -2.06. The molecule has 0 unspecified atom stereocenters. The standard InChI is InChI=1S/C7H9N5/c1-2-5-4(3-8)6(9)12-7(10)11-5/h2H2,1H3,(H4,9,10,11,12). The molecular formula is C7H9N5. The van der Waals surface area contributed by atoms with Crippen LogP contribution in [0, 0.1) is 11.3 Å². The van der Waals surface area contributed by atoms with Gasteiger partial charge in [0.1, 0.15) is 17.5 Å². The van der Waals surface area contributed by atoms with Crippen molar-refractivity contribution in [3.05, 3.63) is 11.3 Å². The Hall–Kier alpha value is -1.83. The van der Waals surface area contributed by atoms with Crippen LogP contribution >= 0.6 is 0 Å². The number of nitriles is 1. The third-order valence-corrected chi connectivity index (χ3v) is 1.48. The lowest BCUT2D eigenvalue weighted by Gasteiger charge is -2.02. The van der Waals surface area contributed by atoms with Crippen LogP contribution in [-0.2, 0) is 6.42 Å². The van der Waals surface area contributed by atoms with Crippen LogP contribution in [0.25, 0.3) is 0 Å². The molecule has 0 radical (unpaired) electrons. The maximum Gasteiger partial charge on any atom is 0.222 e. The van der Waals surface area contributed by atoms with Crippen molar-refractivity contribution < 1.29 is 0 Å². The molecule has 0 bridgehead atoms. The average molecular weight is 163 g/mol. The van der Waals surface area contributed by atoms with E-state index < -0.39 is 0 Å². The van der Waals surface area contributed by atoms with E-state index in [2.05, 4.69) is 9.97 Å². The first-order valence-electron chi connectivity index (χ1n) is 3.51. The van der Waals surface area contributed by atoms with Gasteiger partial charge in [0.25, 0.3) is 0 Å². The molecule has 0 aliphatic carbocycles. The van der Waals surface area contributed by atoms with Crippen LogP contribution in [0.15, 0.2) is 0 Å². The summed E-state index contributed by atoms with van der Waals surface area (Å²) in [6.45, 7) is 1.88. The molecule has 0 atom stereocenters. The molecular weight excluding hydrogens is 154 g/mol. The molecule has 12 heavy (non-hydrogen) atoms. The van der Waals surface area contributed by atoms with E-state index in [-0.39, 0.29) is 11.8 Å². The zero-order valence-corrected chi connectivity index (χ0v) is 6.70. The van der Waals surface area contributed by atoms with Crippen molar-refractivity contribution in [2.24, 2.45) is 0 Å². The molecule has 62 valence electrons.